The summed E-state index contributed by atoms with van der Waals surface area (Å²) in [5, 5.41) is 3.13. The van der Waals surface area contributed by atoms with Crippen LogP contribution >= 0.6 is 0 Å². The first-order valence-corrected chi connectivity index (χ1v) is 9.37. The Hall–Kier alpha value is -2.56. The first kappa shape index (κ1) is 16.9. The summed E-state index contributed by atoms with van der Waals surface area (Å²) in [6, 6.07) is 13.4. The number of hydrogen-bond acceptors (Lipinski definition) is 3. The van der Waals surface area contributed by atoms with Crippen LogP contribution in [-0.4, -0.2) is 35.8 Å². The number of benzene rings is 1. The fourth-order valence-electron chi connectivity index (χ4n) is 4.16. The van der Waals surface area contributed by atoms with E-state index < -0.39 is 6.04 Å². The highest BCUT2D eigenvalue weighted by Gasteiger charge is 2.41. The fourth-order valence-corrected chi connectivity index (χ4v) is 4.16. The van der Waals surface area contributed by atoms with Crippen LogP contribution < -0.4 is 5.32 Å². The lowest BCUT2D eigenvalue weighted by molar-refractivity contribution is -0.125. The van der Waals surface area contributed by atoms with Crippen LogP contribution in [0.4, 0.5) is 0 Å². The van der Waals surface area contributed by atoms with Crippen molar-refractivity contribution >= 4 is 11.8 Å². The first-order valence-electron chi connectivity index (χ1n) is 9.37. The summed E-state index contributed by atoms with van der Waals surface area (Å²) in [5.74, 6) is 0.0446. The number of furan rings is 1. The molecule has 2 fully saturated rings. The van der Waals surface area contributed by atoms with E-state index in [1.165, 1.54) is 18.2 Å². The third-order valence-corrected chi connectivity index (χ3v) is 5.85. The Morgan fingerprint density at radius 2 is 1.92 bits per heavy atom. The van der Waals surface area contributed by atoms with E-state index in [0.717, 1.165) is 19.3 Å². The highest BCUT2D eigenvalue weighted by atomic mass is 16.3. The SMILES string of the molecule is O=C(NCC1(c2ccccc2)CCC1)C1CCCN1C(=O)c1ccco1. The van der Waals surface area contributed by atoms with Gasteiger partial charge in [-0.05, 0) is 43.4 Å². The summed E-state index contributed by atoms with van der Waals surface area (Å²) in [6.07, 6.45) is 6.41. The molecule has 4 rings (SSSR count). The van der Waals surface area contributed by atoms with Gasteiger partial charge in [-0.3, -0.25) is 9.59 Å². The highest BCUT2D eigenvalue weighted by molar-refractivity contribution is 5.96. The Morgan fingerprint density at radius 1 is 1.12 bits per heavy atom. The molecular weight excluding hydrogens is 328 g/mol. The third-order valence-electron chi connectivity index (χ3n) is 5.85. The minimum atomic E-state index is -0.402. The molecule has 1 aliphatic heterocycles. The van der Waals surface area contributed by atoms with Gasteiger partial charge in [0.15, 0.2) is 5.76 Å². The lowest BCUT2D eigenvalue weighted by Gasteiger charge is -2.43. The van der Waals surface area contributed by atoms with Gasteiger partial charge >= 0.3 is 0 Å². The minimum Gasteiger partial charge on any atom is -0.459 e. The van der Waals surface area contributed by atoms with Crippen molar-refractivity contribution in [2.45, 2.75) is 43.6 Å². The van der Waals surface area contributed by atoms with E-state index in [0.29, 0.717) is 25.3 Å². The molecule has 1 N–H and O–H groups in total. The van der Waals surface area contributed by atoms with Gasteiger partial charge in [0.05, 0.1) is 6.26 Å². The molecule has 5 nitrogen and oxygen atoms in total. The number of nitrogens with one attached hydrogen (secondary N) is 1. The second kappa shape index (κ2) is 6.98. The Balaban J connectivity index is 1.42. The van der Waals surface area contributed by atoms with Crippen molar-refractivity contribution in [1.82, 2.24) is 10.2 Å². The van der Waals surface area contributed by atoms with E-state index in [1.807, 2.05) is 6.07 Å². The number of amides is 2. The van der Waals surface area contributed by atoms with Gasteiger partial charge in [0.25, 0.3) is 5.91 Å². The molecule has 1 atom stereocenters. The molecule has 0 radical (unpaired) electrons. The molecule has 2 amide bonds. The maximum atomic E-state index is 12.8. The molecular formula is C21H24N2O3. The topological polar surface area (TPSA) is 62.6 Å². The van der Waals surface area contributed by atoms with Gasteiger partial charge in [-0.15, -0.1) is 0 Å². The molecule has 1 unspecified atom stereocenters. The maximum Gasteiger partial charge on any atom is 0.290 e. The Bertz CT molecular complexity index is 766. The van der Waals surface area contributed by atoms with E-state index in [-0.39, 0.29) is 17.2 Å². The van der Waals surface area contributed by atoms with Crippen molar-refractivity contribution in [2.75, 3.05) is 13.1 Å². The van der Waals surface area contributed by atoms with Gasteiger partial charge in [-0.25, -0.2) is 0 Å². The lowest BCUT2D eigenvalue weighted by Crippen LogP contribution is -2.51. The Morgan fingerprint density at radius 3 is 2.58 bits per heavy atom. The van der Waals surface area contributed by atoms with Crippen molar-refractivity contribution in [3.63, 3.8) is 0 Å². The molecule has 0 spiro atoms. The molecule has 5 heteroatoms. The second-order valence-corrected chi connectivity index (χ2v) is 7.35. The van der Waals surface area contributed by atoms with Crippen molar-refractivity contribution in [2.24, 2.45) is 0 Å². The quantitative estimate of drug-likeness (QED) is 0.899. The van der Waals surface area contributed by atoms with Crippen LogP contribution in [0.15, 0.2) is 53.1 Å². The zero-order valence-corrected chi connectivity index (χ0v) is 14.8. The average molecular weight is 352 g/mol. The number of likely N-dealkylation sites (tertiary alicyclic amines) is 1. The molecule has 0 bridgehead atoms. The molecule has 2 aliphatic rings. The summed E-state index contributed by atoms with van der Waals surface area (Å²) in [4.78, 5) is 27.0. The predicted molar refractivity (Wildman–Crippen MR) is 97.7 cm³/mol. The van der Waals surface area contributed by atoms with E-state index >= 15 is 0 Å². The van der Waals surface area contributed by atoms with Crippen molar-refractivity contribution in [3.05, 3.63) is 60.1 Å². The molecule has 136 valence electrons. The molecule has 1 aliphatic carbocycles. The van der Waals surface area contributed by atoms with Crippen LogP contribution in [0.3, 0.4) is 0 Å². The maximum absolute atomic E-state index is 12.8. The van der Waals surface area contributed by atoms with E-state index in [4.69, 9.17) is 4.42 Å². The van der Waals surface area contributed by atoms with Crippen molar-refractivity contribution in [1.29, 1.82) is 0 Å². The van der Waals surface area contributed by atoms with Crippen LogP contribution in [0.25, 0.3) is 0 Å². The largest absolute Gasteiger partial charge is 0.459 e. The van der Waals surface area contributed by atoms with Crippen LogP contribution in [0.1, 0.15) is 48.2 Å². The van der Waals surface area contributed by atoms with Crippen LogP contribution in [0, 0.1) is 0 Å². The minimum absolute atomic E-state index is 0.0470. The standard InChI is InChI=1S/C21H24N2O3/c24-19(17-9-4-13-23(17)20(25)18-10-5-14-26-18)22-15-21(11-6-12-21)16-7-2-1-3-8-16/h1-3,5,7-8,10,14,17H,4,6,9,11-13,15H2,(H,22,24). The zero-order chi connectivity index (χ0) is 18.0. The number of carbonyl (C=O) groups excluding carboxylic acids is 2. The molecule has 1 saturated heterocycles. The van der Waals surface area contributed by atoms with E-state index in [1.54, 1.807) is 17.0 Å². The summed E-state index contributed by atoms with van der Waals surface area (Å²) in [6.45, 7) is 1.23. The van der Waals surface area contributed by atoms with Gasteiger partial charge in [0, 0.05) is 18.5 Å². The molecule has 2 aromatic rings. The second-order valence-electron chi connectivity index (χ2n) is 7.35. The number of hydrogen-bond donors (Lipinski definition) is 1. The molecule has 1 aromatic heterocycles. The van der Waals surface area contributed by atoms with Gasteiger partial charge < -0.3 is 14.6 Å². The van der Waals surface area contributed by atoms with E-state index in [9.17, 15) is 9.59 Å². The average Bonchev–Trinajstić information content (AvgIpc) is 3.33. The van der Waals surface area contributed by atoms with E-state index in [2.05, 4.69) is 29.6 Å². The fraction of sp³-hybridized carbons (Fsp3) is 0.429. The summed E-state index contributed by atoms with van der Waals surface area (Å²) < 4.78 is 5.21. The van der Waals surface area contributed by atoms with Gasteiger partial charge in [-0.2, -0.15) is 0 Å². The Labute approximate surface area is 153 Å². The molecule has 1 saturated carbocycles. The molecule has 2 heterocycles. The normalized spacial score (nSPS) is 21.2. The van der Waals surface area contributed by atoms with Gasteiger partial charge in [0.1, 0.15) is 6.04 Å². The van der Waals surface area contributed by atoms with Crippen molar-refractivity contribution < 1.29 is 14.0 Å². The van der Waals surface area contributed by atoms with Gasteiger partial charge in [-0.1, -0.05) is 36.8 Å². The smallest absolute Gasteiger partial charge is 0.290 e. The predicted octanol–water partition coefficient (Wildman–Crippen LogP) is 3.12. The third kappa shape index (κ3) is 3.02. The van der Waals surface area contributed by atoms with Crippen LogP contribution in [-0.2, 0) is 10.2 Å². The molecule has 1 aromatic carbocycles. The first-order chi connectivity index (χ1) is 12.7. The molecule has 26 heavy (non-hydrogen) atoms. The number of rotatable bonds is 5. The van der Waals surface area contributed by atoms with Crippen LogP contribution in [0.5, 0.6) is 0 Å². The van der Waals surface area contributed by atoms with Crippen molar-refractivity contribution in [3.8, 4) is 0 Å². The monoisotopic (exact) mass is 352 g/mol. The summed E-state index contributed by atoms with van der Waals surface area (Å²) in [5.41, 5.74) is 1.34. The zero-order valence-electron chi connectivity index (χ0n) is 14.8. The summed E-state index contributed by atoms with van der Waals surface area (Å²) in [7, 11) is 0. The number of carbonyl (C=O) groups is 2. The summed E-state index contributed by atoms with van der Waals surface area (Å²) >= 11 is 0. The number of nitrogens with zero attached hydrogens (tertiary/aromatic N) is 1. The Kier molecular flexibility index (Phi) is 4.53. The highest BCUT2D eigenvalue weighted by Crippen LogP contribution is 2.43. The van der Waals surface area contributed by atoms with Gasteiger partial charge in [0.2, 0.25) is 5.91 Å². The van der Waals surface area contributed by atoms with Crippen LogP contribution in [0.2, 0.25) is 0 Å². The lowest BCUT2D eigenvalue weighted by atomic mass is 9.64.